The maximum atomic E-state index is 12.6. The lowest BCUT2D eigenvalue weighted by Gasteiger charge is -2.07. The average molecular weight is 427 g/mol. The predicted octanol–water partition coefficient (Wildman–Crippen LogP) is 2.80. The molecule has 0 fully saturated rings. The van der Waals surface area contributed by atoms with Crippen LogP contribution in [0.1, 0.15) is 17.4 Å². The molecular formula is C21H18N2O4S2. The maximum Gasteiger partial charge on any atom is 0.279 e. The highest BCUT2D eigenvalue weighted by Gasteiger charge is 2.25. The Labute approximate surface area is 176 Å². The van der Waals surface area contributed by atoms with Gasteiger partial charge in [-0.2, -0.15) is 0 Å². The van der Waals surface area contributed by atoms with Crippen LogP contribution in [0.4, 0.5) is 0 Å². The Morgan fingerprint density at radius 3 is 2.59 bits per heavy atom. The SMILES string of the molecule is CCOc1ccc2c(c1)=C(c1sc(=S)n(Cc3ccc(OC)cc3)c1O)C(=O)N=2. The van der Waals surface area contributed by atoms with Gasteiger partial charge in [0.2, 0.25) is 5.88 Å². The van der Waals surface area contributed by atoms with E-state index in [0.29, 0.717) is 43.9 Å². The number of hydrogen-bond donors (Lipinski definition) is 1. The predicted molar refractivity (Wildman–Crippen MR) is 113 cm³/mol. The summed E-state index contributed by atoms with van der Waals surface area (Å²) in [6, 6.07) is 12.8. The number of amides is 1. The summed E-state index contributed by atoms with van der Waals surface area (Å²) in [6.45, 7) is 2.79. The smallest absolute Gasteiger partial charge is 0.279 e. The van der Waals surface area contributed by atoms with Gasteiger partial charge in [-0.25, -0.2) is 4.99 Å². The Bertz CT molecular complexity index is 1270. The zero-order valence-electron chi connectivity index (χ0n) is 15.8. The normalized spacial score (nSPS) is 12.6. The van der Waals surface area contributed by atoms with Gasteiger partial charge in [0.05, 0.1) is 31.2 Å². The van der Waals surface area contributed by atoms with Crippen LogP contribution >= 0.6 is 23.6 Å². The average Bonchev–Trinajstić information content (AvgIpc) is 3.18. The molecule has 1 aromatic heterocycles. The topological polar surface area (TPSA) is 73.1 Å². The van der Waals surface area contributed by atoms with Crippen LogP contribution in [0.2, 0.25) is 0 Å². The molecule has 8 heteroatoms. The van der Waals surface area contributed by atoms with Gasteiger partial charge in [0.1, 0.15) is 16.4 Å². The van der Waals surface area contributed by atoms with Crippen molar-refractivity contribution in [1.82, 2.24) is 4.57 Å². The van der Waals surface area contributed by atoms with Crippen molar-refractivity contribution in [3.8, 4) is 17.4 Å². The maximum absolute atomic E-state index is 12.6. The summed E-state index contributed by atoms with van der Waals surface area (Å²) >= 11 is 6.66. The molecular weight excluding hydrogens is 408 g/mol. The van der Waals surface area contributed by atoms with E-state index in [4.69, 9.17) is 21.7 Å². The molecule has 2 heterocycles. The highest BCUT2D eigenvalue weighted by Crippen LogP contribution is 2.33. The minimum Gasteiger partial charge on any atom is -0.497 e. The van der Waals surface area contributed by atoms with Crippen molar-refractivity contribution in [2.24, 2.45) is 4.99 Å². The summed E-state index contributed by atoms with van der Waals surface area (Å²) in [4.78, 5) is 17.1. The minimum atomic E-state index is -0.392. The van der Waals surface area contributed by atoms with Crippen molar-refractivity contribution in [2.75, 3.05) is 13.7 Å². The third-order valence-corrected chi connectivity index (χ3v) is 6.04. The zero-order valence-corrected chi connectivity index (χ0v) is 17.5. The summed E-state index contributed by atoms with van der Waals surface area (Å²) in [5.74, 6) is 0.971. The Balaban J connectivity index is 1.80. The fourth-order valence-corrected chi connectivity index (χ4v) is 4.52. The number of carbonyl (C=O) groups excluding carboxylic acids is 1. The number of aromatic hydroxyl groups is 1. The molecule has 1 aliphatic heterocycles. The lowest BCUT2D eigenvalue weighted by Crippen LogP contribution is -2.23. The second-order valence-corrected chi connectivity index (χ2v) is 8.00. The highest BCUT2D eigenvalue weighted by molar-refractivity contribution is 7.73. The van der Waals surface area contributed by atoms with Gasteiger partial charge in [0.25, 0.3) is 5.91 Å². The number of ether oxygens (including phenoxy) is 2. The first-order valence-corrected chi connectivity index (χ1v) is 10.2. The van der Waals surface area contributed by atoms with E-state index < -0.39 is 5.91 Å². The lowest BCUT2D eigenvalue weighted by atomic mass is 10.1. The number of rotatable bonds is 6. The molecule has 0 aliphatic carbocycles. The summed E-state index contributed by atoms with van der Waals surface area (Å²) in [6.07, 6.45) is 0. The van der Waals surface area contributed by atoms with Gasteiger partial charge in [0.15, 0.2) is 3.95 Å². The molecule has 0 unspecified atom stereocenters. The van der Waals surface area contributed by atoms with E-state index in [1.807, 2.05) is 31.2 Å². The summed E-state index contributed by atoms with van der Waals surface area (Å²) in [5.41, 5.74) is 1.30. The van der Waals surface area contributed by atoms with E-state index in [0.717, 1.165) is 11.3 Å². The van der Waals surface area contributed by atoms with Crippen molar-refractivity contribution >= 4 is 35.0 Å². The van der Waals surface area contributed by atoms with Crippen LogP contribution in [0.25, 0.3) is 5.57 Å². The van der Waals surface area contributed by atoms with E-state index >= 15 is 0 Å². The second kappa shape index (κ2) is 7.81. The van der Waals surface area contributed by atoms with Crippen LogP contribution in [0.5, 0.6) is 17.4 Å². The molecule has 6 nitrogen and oxygen atoms in total. The number of hydrogen-bond acceptors (Lipinski definition) is 6. The Morgan fingerprint density at radius 2 is 1.90 bits per heavy atom. The number of carbonyl (C=O) groups is 1. The second-order valence-electron chi connectivity index (χ2n) is 6.36. The molecule has 29 heavy (non-hydrogen) atoms. The largest absolute Gasteiger partial charge is 0.497 e. The van der Waals surface area contributed by atoms with Crippen LogP contribution in [0, 0.1) is 3.95 Å². The molecule has 0 bridgehead atoms. The fourth-order valence-electron chi connectivity index (χ4n) is 3.18. The van der Waals surface area contributed by atoms with Gasteiger partial charge < -0.3 is 14.6 Å². The van der Waals surface area contributed by atoms with Crippen molar-refractivity contribution in [3.63, 3.8) is 0 Å². The van der Waals surface area contributed by atoms with E-state index in [1.54, 1.807) is 29.9 Å². The minimum absolute atomic E-state index is 0.0379. The quantitative estimate of drug-likeness (QED) is 0.614. The molecule has 0 saturated heterocycles. The van der Waals surface area contributed by atoms with E-state index in [9.17, 15) is 9.90 Å². The fraction of sp³-hybridized carbons (Fsp3) is 0.190. The Kier molecular flexibility index (Phi) is 5.21. The Hall–Kier alpha value is -2.97. The molecule has 0 radical (unpaired) electrons. The molecule has 4 rings (SSSR count). The summed E-state index contributed by atoms with van der Waals surface area (Å²) in [5, 5.41) is 12.1. The van der Waals surface area contributed by atoms with Crippen molar-refractivity contribution in [3.05, 3.63) is 67.4 Å². The van der Waals surface area contributed by atoms with Crippen LogP contribution in [0.3, 0.4) is 0 Å². The third kappa shape index (κ3) is 3.56. The van der Waals surface area contributed by atoms with Gasteiger partial charge in [-0.3, -0.25) is 9.36 Å². The molecule has 1 amide bonds. The molecule has 148 valence electrons. The van der Waals surface area contributed by atoms with Crippen LogP contribution in [0.15, 0.2) is 47.5 Å². The zero-order chi connectivity index (χ0) is 20.5. The highest BCUT2D eigenvalue weighted by atomic mass is 32.1. The van der Waals surface area contributed by atoms with E-state index in [1.165, 1.54) is 11.3 Å². The third-order valence-electron chi connectivity index (χ3n) is 4.58. The monoisotopic (exact) mass is 426 g/mol. The molecule has 0 saturated carbocycles. The van der Waals surface area contributed by atoms with Crippen LogP contribution in [-0.2, 0) is 11.3 Å². The molecule has 0 atom stereocenters. The number of aromatic nitrogens is 1. The van der Waals surface area contributed by atoms with Gasteiger partial charge >= 0.3 is 0 Å². The standard InChI is InChI=1S/C21H18N2O4S2/c1-3-27-14-8-9-16-15(10-14)17(19(24)22-16)18-20(25)23(21(28)29-18)11-12-4-6-13(26-2)7-5-12/h4-10,25H,3,11H2,1-2H3. The first-order valence-electron chi connectivity index (χ1n) is 8.98. The van der Waals surface area contributed by atoms with Gasteiger partial charge in [-0.15, -0.1) is 11.3 Å². The van der Waals surface area contributed by atoms with Gasteiger partial charge in [-0.1, -0.05) is 12.1 Å². The summed E-state index contributed by atoms with van der Waals surface area (Å²) in [7, 11) is 1.61. The van der Waals surface area contributed by atoms with Crippen molar-refractivity contribution < 1.29 is 19.4 Å². The van der Waals surface area contributed by atoms with E-state index in [2.05, 4.69) is 4.99 Å². The number of methoxy groups -OCH3 is 1. The number of fused-ring (bicyclic) bond motifs is 1. The number of thiazole rings is 1. The van der Waals surface area contributed by atoms with Gasteiger partial charge in [0, 0.05) is 5.22 Å². The molecule has 1 aliphatic rings. The van der Waals surface area contributed by atoms with E-state index in [-0.39, 0.29) is 5.88 Å². The lowest BCUT2D eigenvalue weighted by molar-refractivity contribution is -0.112. The number of nitrogens with zero attached hydrogens (tertiary/aromatic N) is 2. The Morgan fingerprint density at radius 1 is 1.17 bits per heavy atom. The molecule has 1 N–H and O–H groups in total. The first kappa shape index (κ1) is 19.4. The number of benzene rings is 2. The molecule has 0 spiro atoms. The van der Waals surface area contributed by atoms with Crippen molar-refractivity contribution in [1.29, 1.82) is 0 Å². The molecule has 3 aromatic rings. The van der Waals surface area contributed by atoms with Gasteiger partial charge in [-0.05, 0) is 55.0 Å². The first-order chi connectivity index (χ1) is 14.0. The van der Waals surface area contributed by atoms with Crippen LogP contribution in [-0.4, -0.2) is 29.3 Å². The van der Waals surface area contributed by atoms with Crippen molar-refractivity contribution in [2.45, 2.75) is 13.5 Å². The summed E-state index contributed by atoms with van der Waals surface area (Å²) < 4.78 is 12.8. The van der Waals surface area contributed by atoms with Crippen LogP contribution < -0.4 is 20.0 Å². The molecule has 2 aromatic carbocycles.